The van der Waals surface area contributed by atoms with Crippen LogP contribution >= 0.6 is 0 Å². The average molecular weight is 386 g/mol. The second kappa shape index (κ2) is 10.2. The van der Waals surface area contributed by atoms with Crippen molar-refractivity contribution < 1.29 is 14.4 Å². The summed E-state index contributed by atoms with van der Waals surface area (Å²) in [4.78, 5) is 36.3. The second-order valence-electron chi connectivity index (χ2n) is 8.07. The van der Waals surface area contributed by atoms with Gasteiger partial charge in [0.2, 0.25) is 11.8 Å². The van der Waals surface area contributed by atoms with E-state index in [1.54, 1.807) is 24.3 Å². The Kier molecular flexibility index (Phi) is 7.46. The first-order valence-corrected chi connectivity index (χ1v) is 10.6. The first-order chi connectivity index (χ1) is 13.6. The quantitative estimate of drug-likeness (QED) is 0.672. The van der Waals surface area contributed by atoms with Gasteiger partial charge in [-0.05, 0) is 55.9 Å². The standard InChI is InChI=1S/C22H31N3O3/c26-20(14-16-6-2-1-3-7-16)23-15-21(27)24-19-12-10-17(11-13-19)22(28)25-18-8-4-5-9-18/h10-13,16,18H,1-9,14-15H2,(H,23,26)(H,24,27)(H,25,28). The Morgan fingerprint density at radius 1 is 0.821 bits per heavy atom. The van der Waals surface area contributed by atoms with Crippen molar-refractivity contribution in [2.75, 3.05) is 11.9 Å². The minimum Gasteiger partial charge on any atom is -0.349 e. The van der Waals surface area contributed by atoms with Crippen LogP contribution in [0.2, 0.25) is 0 Å². The van der Waals surface area contributed by atoms with Gasteiger partial charge in [0.15, 0.2) is 0 Å². The zero-order chi connectivity index (χ0) is 19.8. The lowest BCUT2D eigenvalue weighted by Gasteiger charge is -2.20. The first kappa shape index (κ1) is 20.4. The van der Waals surface area contributed by atoms with E-state index in [1.807, 2.05) is 0 Å². The molecule has 0 radical (unpaired) electrons. The third kappa shape index (κ3) is 6.36. The van der Waals surface area contributed by atoms with Crippen molar-refractivity contribution in [1.82, 2.24) is 10.6 Å². The number of rotatable bonds is 7. The van der Waals surface area contributed by atoms with Crippen molar-refractivity contribution in [1.29, 1.82) is 0 Å². The van der Waals surface area contributed by atoms with E-state index in [-0.39, 0.29) is 30.3 Å². The predicted octanol–water partition coefficient (Wildman–Crippen LogP) is 3.38. The first-order valence-electron chi connectivity index (χ1n) is 10.6. The van der Waals surface area contributed by atoms with Gasteiger partial charge in [-0.1, -0.05) is 32.1 Å². The van der Waals surface area contributed by atoms with Crippen LogP contribution in [0.1, 0.15) is 74.6 Å². The molecule has 152 valence electrons. The van der Waals surface area contributed by atoms with Gasteiger partial charge >= 0.3 is 0 Å². The number of anilines is 1. The molecule has 3 rings (SSSR count). The molecule has 2 aliphatic rings. The number of carbonyl (C=O) groups is 3. The zero-order valence-electron chi connectivity index (χ0n) is 16.5. The van der Waals surface area contributed by atoms with Gasteiger partial charge in [-0.3, -0.25) is 14.4 Å². The van der Waals surface area contributed by atoms with Crippen molar-refractivity contribution in [3.63, 3.8) is 0 Å². The van der Waals surface area contributed by atoms with E-state index in [1.165, 1.54) is 32.1 Å². The van der Waals surface area contributed by atoms with Crippen LogP contribution in [-0.4, -0.2) is 30.3 Å². The molecule has 1 aromatic carbocycles. The second-order valence-corrected chi connectivity index (χ2v) is 8.07. The Balaban J connectivity index is 1.38. The van der Waals surface area contributed by atoms with E-state index in [9.17, 15) is 14.4 Å². The minimum absolute atomic E-state index is 0.0323. The summed E-state index contributed by atoms with van der Waals surface area (Å²) in [5, 5.41) is 8.51. The molecular formula is C22H31N3O3. The van der Waals surface area contributed by atoms with Crippen molar-refractivity contribution in [2.24, 2.45) is 5.92 Å². The molecule has 0 saturated heterocycles. The van der Waals surface area contributed by atoms with E-state index in [0.29, 0.717) is 23.6 Å². The summed E-state index contributed by atoms with van der Waals surface area (Å²) in [6, 6.07) is 7.13. The van der Waals surface area contributed by atoms with Crippen molar-refractivity contribution >= 4 is 23.4 Å². The molecule has 1 aromatic rings. The highest BCUT2D eigenvalue weighted by Gasteiger charge is 2.19. The molecule has 0 unspecified atom stereocenters. The summed E-state index contributed by atoms with van der Waals surface area (Å²) < 4.78 is 0. The number of benzene rings is 1. The molecule has 28 heavy (non-hydrogen) atoms. The predicted molar refractivity (Wildman–Crippen MR) is 109 cm³/mol. The third-order valence-corrected chi connectivity index (χ3v) is 5.77. The summed E-state index contributed by atoms with van der Waals surface area (Å²) >= 11 is 0. The Hall–Kier alpha value is -2.37. The van der Waals surface area contributed by atoms with Crippen molar-refractivity contribution in [3.8, 4) is 0 Å². The van der Waals surface area contributed by atoms with Crippen molar-refractivity contribution in [2.45, 2.75) is 70.3 Å². The van der Waals surface area contributed by atoms with Gasteiger partial charge in [0, 0.05) is 23.7 Å². The number of hydrogen-bond donors (Lipinski definition) is 3. The van der Waals surface area contributed by atoms with Gasteiger partial charge in [0.1, 0.15) is 0 Å². The van der Waals surface area contributed by atoms with Crippen molar-refractivity contribution in [3.05, 3.63) is 29.8 Å². The van der Waals surface area contributed by atoms with Crippen LogP contribution < -0.4 is 16.0 Å². The molecule has 6 nitrogen and oxygen atoms in total. The number of carbonyl (C=O) groups excluding carboxylic acids is 3. The van der Waals surface area contributed by atoms with Gasteiger partial charge < -0.3 is 16.0 Å². The number of hydrogen-bond acceptors (Lipinski definition) is 3. The van der Waals surface area contributed by atoms with Crippen LogP contribution in [-0.2, 0) is 9.59 Å². The highest BCUT2D eigenvalue weighted by Crippen LogP contribution is 2.26. The lowest BCUT2D eigenvalue weighted by atomic mass is 9.87. The van der Waals surface area contributed by atoms with Crippen LogP contribution in [0.15, 0.2) is 24.3 Å². The van der Waals surface area contributed by atoms with E-state index in [4.69, 9.17) is 0 Å². The van der Waals surface area contributed by atoms with E-state index < -0.39 is 0 Å². The van der Waals surface area contributed by atoms with Crippen LogP contribution in [0.4, 0.5) is 5.69 Å². The largest absolute Gasteiger partial charge is 0.349 e. The summed E-state index contributed by atoms with van der Waals surface area (Å²) in [6.07, 6.45) is 10.8. The highest BCUT2D eigenvalue weighted by atomic mass is 16.2. The van der Waals surface area contributed by atoms with Crippen LogP contribution in [0.5, 0.6) is 0 Å². The molecule has 2 saturated carbocycles. The molecule has 0 heterocycles. The van der Waals surface area contributed by atoms with Gasteiger partial charge in [-0.2, -0.15) is 0 Å². The lowest BCUT2D eigenvalue weighted by Crippen LogP contribution is -2.34. The fraction of sp³-hybridized carbons (Fsp3) is 0.591. The topological polar surface area (TPSA) is 87.3 Å². The molecule has 3 N–H and O–H groups in total. The maximum atomic E-state index is 12.2. The Bertz CT molecular complexity index is 675. The molecule has 6 heteroatoms. The summed E-state index contributed by atoms with van der Waals surface area (Å²) in [5.41, 5.74) is 1.20. The maximum Gasteiger partial charge on any atom is 0.251 e. The van der Waals surface area contributed by atoms with Crippen LogP contribution in [0.25, 0.3) is 0 Å². The fourth-order valence-electron chi connectivity index (χ4n) is 4.15. The smallest absolute Gasteiger partial charge is 0.251 e. The monoisotopic (exact) mass is 385 g/mol. The zero-order valence-corrected chi connectivity index (χ0v) is 16.5. The Labute approximate surface area is 166 Å². The molecule has 3 amide bonds. The van der Waals surface area contributed by atoms with E-state index in [2.05, 4.69) is 16.0 Å². The van der Waals surface area contributed by atoms with Crippen LogP contribution in [0.3, 0.4) is 0 Å². The Morgan fingerprint density at radius 2 is 1.46 bits per heavy atom. The van der Waals surface area contributed by atoms with Gasteiger partial charge in [-0.25, -0.2) is 0 Å². The fourth-order valence-corrected chi connectivity index (χ4v) is 4.15. The SMILES string of the molecule is O=C(CC1CCCCC1)NCC(=O)Nc1ccc(C(=O)NC2CCCC2)cc1. The lowest BCUT2D eigenvalue weighted by molar-refractivity contribution is -0.125. The van der Waals surface area contributed by atoms with E-state index in [0.717, 1.165) is 25.7 Å². The third-order valence-electron chi connectivity index (χ3n) is 5.77. The molecule has 2 fully saturated rings. The molecule has 2 aliphatic carbocycles. The van der Waals surface area contributed by atoms with Gasteiger partial charge in [-0.15, -0.1) is 0 Å². The molecule has 0 bridgehead atoms. The number of nitrogens with one attached hydrogen (secondary N) is 3. The Morgan fingerprint density at radius 3 is 2.14 bits per heavy atom. The highest BCUT2D eigenvalue weighted by molar-refractivity contribution is 5.97. The molecule has 0 aliphatic heterocycles. The number of amides is 3. The van der Waals surface area contributed by atoms with E-state index >= 15 is 0 Å². The summed E-state index contributed by atoms with van der Waals surface area (Å²) in [6.45, 7) is -0.0323. The molecule has 0 spiro atoms. The van der Waals surface area contributed by atoms with Gasteiger partial charge in [0.25, 0.3) is 5.91 Å². The molecular weight excluding hydrogens is 354 g/mol. The average Bonchev–Trinajstić information content (AvgIpc) is 3.21. The normalized spacial score (nSPS) is 17.9. The maximum absolute atomic E-state index is 12.2. The minimum atomic E-state index is -0.264. The molecule has 0 atom stereocenters. The van der Waals surface area contributed by atoms with Crippen LogP contribution in [0, 0.1) is 5.92 Å². The summed E-state index contributed by atoms with van der Waals surface area (Å²) in [5.74, 6) is 0.0700. The molecule has 0 aromatic heterocycles. The summed E-state index contributed by atoms with van der Waals surface area (Å²) in [7, 11) is 0. The van der Waals surface area contributed by atoms with Gasteiger partial charge in [0.05, 0.1) is 6.54 Å².